The quantitative estimate of drug-likeness (QED) is 0.133. The summed E-state index contributed by atoms with van der Waals surface area (Å²) in [5, 5.41) is 0. The zero-order valence-electron chi connectivity index (χ0n) is 55.9. The Balaban J connectivity index is 1.60. The van der Waals surface area contributed by atoms with Crippen molar-refractivity contribution in [2.75, 3.05) is 0 Å². The molecular formula is C90H78. The summed E-state index contributed by atoms with van der Waals surface area (Å²) in [5.41, 5.74) is 14.6. The lowest BCUT2D eigenvalue weighted by Crippen LogP contribution is -2.10. The molecule has 0 heterocycles. The molecule has 0 amide bonds. The van der Waals surface area contributed by atoms with Gasteiger partial charge in [-0.3, -0.25) is 0 Å². The van der Waals surface area contributed by atoms with Gasteiger partial charge in [0.05, 0.1) is 33.4 Å². The smallest absolute Gasteiger partial charge is 0.0573 e. The first-order valence-corrected chi connectivity index (χ1v) is 30.4. The minimum absolute atomic E-state index is 0.0155. The van der Waals surface area contributed by atoms with E-state index in [1.54, 1.807) is 0 Å². The molecular weight excluding hydrogens is 1080 g/mol. The second-order valence-corrected chi connectivity index (χ2v) is 28.2. The van der Waals surface area contributed by atoms with E-state index in [4.69, 9.17) is 0 Å². The zero-order valence-corrected chi connectivity index (χ0v) is 55.9. The maximum atomic E-state index is 3.42. The van der Waals surface area contributed by atoms with Crippen LogP contribution >= 0.6 is 0 Å². The van der Waals surface area contributed by atoms with E-state index in [0.29, 0.717) is 33.4 Å². The van der Waals surface area contributed by atoms with Gasteiger partial charge in [-0.15, -0.1) is 0 Å². The predicted octanol–water partition coefficient (Wildman–Crippen LogP) is 17.9. The molecule has 0 heteroatoms. The van der Waals surface area contributed by atoms with E-state index in [-0.39, 0.29) is 32.5 Å². The van der Waals surface area contributed by atoms with Crippen molar-refractivity contribution in [2.24, 2.45) is 0 Å². The molecule has 90 heavy (non-hydrogen) atoms. The fraction of sp³-hybridized carbons (Fsp3) is 0.267. The Bertz CT molecular complexity index is 3830. The molecule has 0 N–H and O–H groups in total. The average molecular weight is 1160 g/mol. The molecule has 0 bridgehead atoms. The van der Waals surface area contributed by atoms with Crippen LogP contribution in [0.1, 0.15) is 225 Å². The molecule has 0 spiro atoms. The van der Waals surface area contributed by atoms with Crippen LogP contribution < -0.4 is 0 Å². The lowest BCUT2D eigenvalue weighted by atomic mass is 9.86. The van der Waals surface area contributed by atoms with Crippen molar-refractivity contribution in [1.29, 1.82) is 0 Å². The third-order valence-electron chi connectivity index (χ3n) is 14.7. The number of rotatable bonds is 0. The van der Waals surface area contributed by atoms with Gasteiger partial charge >= 0.3 is 0 Å². The van der Waals surface area contributed by atoms with Gasteiger partial charge in [0.25, 0.3) is 0 Å². The first kappa shape index (κ1) is 66.8. The number of hydrogen-bond acceptors (Lipinski definition) is 0. The van der Waals surface area contributed by atoms with Crippen molar-refractivity contribution >= 4 is 0 Å². The highest BCUT2D eigenvalue weighted by atomic mass is 14.2. The molecule has 7 rings (SSSR count). The molecule has 0 aliphatic heterocycles. The second-order valence-electron chi connectivity index (χ2n) is 28.2. The van der Waals surface area contributed by atoms with E-state index >= 15 is 0 Å². The highest BCUT2D eigenvalue weighted by Gasteiger charge is 2.21. The van der Waals surface area contributed by atoms with E-state index < -0.39 is 0 Å². The molecule has 438 valence electrons. The van der Waals surface area contributed by atoms with Gasteiger partial charge in [0.1, 0.15) is 0 Å². The standard InChI is InChI=1S/C90H78/c1-85(2,3)73-55-43-67(44-56-73)31-19-25-37-79-80(38-26-20-32-68-45-57-74(58-46-68)86(4,5)6)82(40-28-22-34-70-49-61-76(62-50-70)88(10,11)12)84(42-30-24-36-72-53-65-78(66-54-72)90(16,17)18)83(41-29-23-35-71-51-63-77(64-52-71)89(13,14)15)81(79)39-27-21-33-69-47-59-75(60-48-69)87(7,8)9/h43-66H,1-18H3. The Labute approximate surface area is 541 Å². The van der Waals surface area contributed by atoms with E-state index in [0.717, 1.165) is 33.4 Å². The highest BCUT2D eigenvalue weighted by Crippen LogP contribution is 2.30. The Kier molecular flexibility index (Phi) is 21.4. The summed E-state index contributed by atoms with van der Waals surface area (Å²) in [4.78, 5) is 0. The van der Waals surface area contributed by atoms with Crippen LogP contribution in [0.25, 0.3) is 0 Å². The van der Waals surface area contributed by atoms with E-state index in [9.17, 15) is 0 Å². The molecule has 0 nitrogen and oxygen atoms in total. The Morgan fingerprint density at radius 3 is 0.344 bits per heavy atom. The first-order chi connectivity index (χ1) is 42.4. The van der Waals surface area contributed by atoms with Crippen LogP contribution in [0.5, 0.6) is 0 Å². The fourth-order valence-corrected chi connectivity index (χ4v) is 9.00. The summed E-state index contributed by atoms with van der Waals surface area (Å²) in [6, 6.07) is 49.5. The van der Waals surface area contributed by atoms with Crippen LogP contribution in [0.15, 0.2) is 146 Å². The van der Waals surface area contributed by atoms with Gasteiger partial charge in [-0.1, -0.05) is 268 Å². The van der Waals surface area contributed by atoms with Crippen molar-refractivity contribution in [2.45, 2.75) is 157 Å². The molecule has 7 aromatic carbocycles. The maximum absolute atomic E-state index is 3.42. The molecule has 0 aromatic heterocycles. The molecule has 0 aliphatic rings. The normalized spacial score (nSPS) is 10.6. The molecule has 0 unspecified atom stereocenters. The molecule has 0 saturated carbocycles. The molecule has 0 aliphatic carbocycles. The SMILES string of the molecule is CC(C)(C)c1ccc(C#CC#Cc2c(C#CC#Cc3ccc(C(C)(C)C)cc3)c(C#CC#Cc3ccc(C(C)(C)C)cc3)c(C#CC#Cc3ccc(C(C)(C)C)cc3)c(C#CC#Cc3ccc(C(C)(C)C)cc3)c2C#CC#Cc2ccc(C(C)(C)C)cc2)cc1. The van der Waals surface area contributed by atoms with Crippen molar-refractivity contribution in [3.8, 4) is 142 Å². The molecule has 0 saturated heterocycles. The zero-order chi connectivity index (χ0) is 65.3. The van der Waals surface area contributed by atoms with E-state index in [1.165, 1.54) is 33.4 Å². The second kappa shape index (κ2) is 28.8. The van der Waals surface area contributed by atoms with Gasteiger partial charge in [0.15, 0.2) is 0 Å². The lowest BCUT2D eigenvalue weighted by Gasteiger charge is -2.18. The molecule has 0 atom stereocenters. The van der Waals surface area contributed by atoms with Crippen LogP contribution in [-0.4, -0.2) is 0 Å². The summed E-state index contributed by atoms with van der Waals surface area (Å²) in [6.45, 7) is 39.4. The summed E-state index contributed by atoms with van der Waals surface area (Å²) < 4.78 is 0. The fourth-order valence-electron chi connectivity index (χ4n) is 9.00. The molecule has 7 aromatic rings. The van der Waals surface area contributed by atoms with Gasteiger partial charge in [-0.2, -0.15) is 0 Å². The summed E-state index contributed by atoms with van der Waals surface area (Å²) in [6.07, 6.45) is 0. The van der Waals surface area contributed by atoms with Gasteiger partial charge in [-0.05, 0) is 210 Å². The van der Waals surface area contributed by atoms with Crippen LogP contribution in [0.3, 0.4) is 0 Å². The largest absolute Gasteiger partial charge is 0.0595 e. The maximum Gasteiger partial charge on any atom is 0.0595 e. The first-order valence-electron chi connectivity index (χ1n) is 30.4. The monoisotopic (exact) mass is 1160 g/mol. The van der Waals surface area contributed by atoms with Crippen LogP contribution in [-0.2, 0) is 32.5 Å². The lowest BCUT2D eigenvalue weighted by molar-refractivity contribution is 0.590. The van der Waals surface area contributed by atoms with Gasteiger partial charge in [0, 0.05) is 33.4 Å². The summed E-state index contributed by atoms with van der Waals surface area (Å²) >= 11 is 0. The van der Waals surface area contributed by atoms with Gasteiger partial charge in [0.2, 0.25) is 0 Å². The topological polar surface area (TPSA) is 0 Å². The van der Waals surface area contributed by atoms with Gasteiger partial charge in [-0.25, -0.2) is 0 Å². The minimum Gasteiger partial charge on any atom is -0.0573 e. The van der Waals surface area contributed by atoms with Crippen LogP contribution in [0, 0.1) is 142 Å². The Morgan fingerprint density at radius 1 is 0.144 bits per heavy atom. The van der Waals surface area contributed by atoms with Gasteiger partial charge < -0.3 is 0 Å². The third kappa shape index (κ3) is 19.6. The highest BCUT2D eigenvalue weighted by molar-refractivity contribution is 5.78. The van der Waals surface area contributed by atoms with Crippen LogP contribution in [0.4, 0.5) is 0 Å². The van der Waals surface area contributed by atoms with E-state index in [2.05, 4.69) is 340 Å². The third-order valence-corrected chi connectivity index (χ3v) is 14.7. The molecule has 0 fully saturated rings. The summed E-state index contributed by atoms with van der Waals surface area (Å²) in [5.74, 6) is 78.0. The van der Waals surface area contributed by atoms with Crippen molar-refractivity contribution < 1.29 is 0 Å². The van der Waals surface area contributed by atoms with Crippen molar-refractivity contribution in [1.82, 2.24) is 0 Å². The molecule has 0 radical (unpaired) electrons. The van der Waals surface area contributed by atoms with Crippen LogP contribution in [0.2, 0.25) is 0 Å². The Hall–Kier alpha value is -10.7. The number of hydrogen-bond donors (Lipinski definition) is 0. The van der Waals surface area contributed by atoms with E-state index in [1.807, 2.05) is 72.8 Å². The van der Waals surface area contributed by atoms with Crippen molar-refractivity contribution in [3.63, 3.8) is 0 Å². The average Bonchev–Trinajstić information content (AvgIpc) is 0.857. The predicted molar refractivity (Wildman–Crippen MR) is 380 cm³/mol. The summed E-state index contributed by atoms with van der Waals surface area (Å²) in [7, 11) is 0. The minimum atomic E-state index is -0.0155. The van der Waals surface area contributed by atoms with Crippen molar-refractivity contribution in [3.05, 3.63) is 246 Å². The number of benzene rings is 7. The Morgan fingerprint density at radius 2 is 0.244 bits per heavy atom.